The van der Waals surface area contributed by atoms with Gasteiger partial charge < -0.3 is 19.4 Å². The number of hydrogen-bond acceptors (Lipinski definition) is 8. The van der Waals surface area contributed by atoms with Gasteiger partial charge in [0.1, 0.15) is 11.6 Å². The number of anilines is 2. The molecule has 0 aliphatic carbocycles. The van der Waals surface area contributed by atoms with E-state index in [0.29, 0.717) is 35.9 Å². The fraction of sp³-hybridized carbons (Fsp3) is 0.222. The van der Waals surface area contributed by atoms with Gasteiger partial charge in [0.2, 0.25) is 5.89 Å². The first-order valence-electron chi connectivity index (χ1n) is 8.35. The summed E-state index contributed by atoms with van der Waals surface area (Å²) in [5, 5.41) is 19.9. The standard InChI is InChI=1S/C18H15ClF2N6O2/c1-27(11-22)10-8-15-25-26-17(28-15)14-3-2-9-23-16(14)24-12-4-6-13(7-5-12)29-18(19,20)21/h2-7,9H,8,10H2,1H3,(H,23,24). The lowest BCUT2D eigenvalue weighted by Gasteiger charge is -2.12. The number of rotatable bonds is 8. The van der Waals surface area contributed by atoms with Crippen molar-refractivity contribution in [3.63, 3.8) is 0 Å². The van der Waals surface area contributed by atoms with Crippen molar-refractivity contribution in [3.8, 4) is 23.4 Å². The van der Waals surface area contributed by atoms with Crippen LogP contribution in [0, 0.1) is 11.5 Å². The van der Waals surface area contributed by atoms with Crippen molar-refractivity contribution in [2.75, 3.05) is 18.9 Å². The van der Waals surface area contributed by atoms with Crippen LogP contribution >= 0.6 is 11.6 Å². The molecule has 29 heavy (non-hydrogen) atoms. The summed E-state index contributed by atoms with van der Waals surface area (Å²) in [4.78, 5) is 5.72. The maximum Gasteiger partial charge on any atom is 0.487 e. The fourth-order valence-electron chi connectivity index (χ4n) is 2.33. The summed E-state index contributed by atoms with van der Waals surface area (Å²) >= 11 is 4.75. The molecule has 0 spiro atoms. The summed E-state index contributed by atoms with van der Waals surface area (Å²) in [7, 11) is 1.66. The third-order valence-electron chi connectivity index (χ3n) is 3.69. The van der Waals surface area contributed by atoms with Gasteiger partial charge in [0.15, 0.2) is 6.19 Å². The minimum Gasteiger partial charge on any atom is -0.420 e. The highest BCUT2D eigenvalue weighted by Crippen LogP contribution is 2.30. The molecule has 2 heterocycles. The van der Waals surface area contributed by atoms with Crippen LogP contribution in [0.1, 0.15) is 5.89 Å². The number of alkyl halides is 3. The zero-order valence-electron chi connectivity index (χ0n) is 15.1. The number of pyridine rings is 1. The Morgan fingerprint density at radius 3 is 2.72 bits per heavy atom. The molecule has 0 fully saturated rings. The minimum atomic E-state index is -3.78. The van der Waals surface area contributed by atoms with Crippen molar-refractivity contribution >= 4 is 23.1 Å². The van der Waals surface area contributed by atoms with Crippen LogP contribution in [0.2, 0.25) is 0 Å². The smallest absolute Gasteiger partial charge is 0.420 e. The Balaban J connectivity index is 1.74. The normalized spacial score (nSPS) is 11.0. The Morgan fingerprint density at radius 1 is 1.28 bits per heavy atom. The second kappa shape index (κ2) is 8.70. The number of nitrogens with zero attached hydrogens (tertiary/aromatic N) is 5. The lowest BCUT2D eigenvalue weighted by Crippen LogP contribution is -2.15. The lowest BCUT2D eigenvalue weighted by molar-refractivity contribution is -0.0964. The van der Waals surface area contributed by atoms with Crippen LogP contribution in [0.15, 0.2) is 47.0 Å². The zero-order chi connectivity index (χ0) is 20.9. The van der Waals surface area contributed by atoms with Gasteiger partial charge >= 0.3 is 5.57 Å². The Hall–Kier alpha value is -3.45. The van der Waals surface area contributed by atoms with Gasteiger partial charge in [-0.25, -0.2) is 4.98 Å². The summed E-state index contributed by atoms with van der Waals surface area (Å²) < 4.78 is 35.3. The molecular weight excluding hydrogens is 406 g/mol. The number of nitriles is 1. The first-order chi connectivity index (χ1) is 13.8. The molecule has 1 N–H and O–H groups in total. The third kappa shape index (κ3) is 5.76. The predicted molar refractivity (Wildman–Crippen MR) is 101 cm³/mol. The van der Waals surface area contributed by atoms with Crippen LogP contribution in [-0.4, -0.2) is 39.2 Å². The summed E-state index contributed by atoms with van der Waals surface area (Å²) in [6.07, 6.45) is 4.00. The molecule has 0 saturated heterocycles. The Morgan fingerprint density at radius 2 is 2.03 bits per heavy atom. The van der Waals surface area contributed by atoms with E-state index >= 15 is 0 Å². The predicted octanol–water partition coefficient (Wildman–Crippen LogP) is 4.00. The van der Waals surface area contributed by atoms with Crippen molar-refractivity contribution in [3.05, 3.63) is 48.5 Å². The molecule has 0 radical (unpaired) electrons. The number of nitrogens with one attached hydrogen (secondary N) is 1. The van der Waals surface area contributed by atoms with E-state index in [1.165, 1.54) is 29.2 Å². The highest BCUT2D eigenvalue weighted by atomic mass is 35.5. The molecule has 0 saturated carbocycles. The zero-order valence-corrected chi connectivity index (χ0v) is 15.9. The topological polar surface area (TPSA) is 100 Å². The van der Waals surface area contributed by atoms with Gasteiger partial charge in [-0.1, -0.05) is 0 Å². The molecule has 0 atom stereocenters. The van der Waals surface area contributed by atoms with E-state index in [4.69, 9.17) is 21.3 Å². The van der Waals surface area contributed by atoms with E-state index in [1.54, 1.807) is 25.4 Å². The van der Waals surface area contributed by atoms with Gasteiger partial charge in [-0.3, -0.25) is 0 Å². The van der Waals surface area contributed by atoms with Gasteiger partial charge in [0.05, 0.1) is 5.56 Å². The van der Waals surface area contributed by atoms with Crippen molar-refractivity contribution in [2.24, 2.45) is 0 Å². The van der Waals surface area contributed by atoms with Crippen LogP contribution < -0.4 is 10.1 Å². The quantitative estimate of drug-likeness (QED) is 0.331. The molecule has 0 aliphatic rings. The van der Waals surface area contributed by atoms with Crippen molar-refractivity contribution in [1.82, 2.24) is 20.1 Å². The molecule has 8 nitrogen and oxygen atoms in total. The summed E-state index contributed by atoms with van der Waals surface area (Å²) in [5.41, 5.74) is -2.64. The van der Waals surface area contributed by atoms with Gasteiger partial charge in [-0.15, -0.1) is 19.0 Å². The van der Waals surface area contributed by atoms with Gasteiger partial charge in [-0.2, -0.15) is 5.26 Å². The molecule has 1 aromatic carbocycles. The molecule has 11 heteroatoms. The van der Waals surface area contributed by atoms with Crippen molar-refractivity contribution in [2.45, 2.75) is 12.0 Å². The average molecular weight is 421 g/mol. The first kappa shape index (κ1) is 20.3. The number of aromatic nitrogens is 3. The van der Waals surface area contributed by atoms with E-state index in [1.807, 2.05) is 6.19 Å². The van der Waals surface area contributed by atoms with E-state index in [-0.39, 0.29) is 11.6 Å². The van der Waals surface area contributed by atoms with Gasteiger partial charge in [-0.05, 0) is 36.4 Å². The molecule has 2 aromatic heterocycles. The van der Waals surface area contributed by atoms with Crippen LogP contribution in [0.4, 0.5) is 20.3 Å². The van der Waals surface area contributed by atoms with Crippen LogP contribution in [-0.2, 0) is 6.42 Å². The second-order valence-corrected chi connectivity index (χ2v) is 6.31. The molecule has 3 aromatic rings. The largest absolute Gasteiger partial charge is 0.487 e. The van der Waals surface area contributed by atoms with Gasteiger partial charge in [0.25, 0.3) is 5.89 Å². The Kier molecular flexibility index (Phi) is 6.09. The molecule has 0 unspecified atom stereocenters. The van der Waals surface area contributed by atoms with Crippen LogP contribution in [0.5, 0.6) is 5.75 Å². The maximum atomic E-state index is 12.7. The summed E-state index contributed by atoms with van der Waals surface area (Å²) in [6, 6.07) is 9.23. The Labute approximate surface area is 169 Å². The van der Waals surface area contributed by atoms with E-state index < -0.39 is 5.57 Å². The SMILES string of the molecule is CN(C#N)CCc1nnc(-c2cccnc2Nc2ccc(OC(F)(F)Cl)cc2)o1. The van der Waals surface area contributed by atoms with E-state index in [9.17, 15) is 8.78 Å². The molecule has 150 valence electrons. The number of likely N-dealkylation sites (N-methyl/N-ethyl adjacent to an activating group) is 1. The number of benzene rings is 1. The number of hydrogen-bond donors (Lipinski definition) is 1. The molecule has 3 rings (SSSR count). The third-order valence-corrected chi connectivity index (χ3v) is 3.76. The van der Waals surface area contributed by atoms with Crippen LogP contribution in [0.25, 0.3) is 11.5 Å². The molecule has 0 aliphatic heterocycles. The average Bonchev–Trinajstić information content (AvgIpc) is 3.16. The van der Waals surface area contributed by atoms with Crippen molar-refractivity contribution < 1.29 is 17.9 Å². The summed E-state index contributed by atoms with van der Waals surface area (Å²) in [6.45, 7) is 0.450. The minimum absolute atomic E-state index is 0.0827. The molecule has 0 amide bonds. The first-order valence-corrected chi connectivity index (χ1v) is 8.73. The molecule has 0 bridgehead atoms. The fourth-order valence-corrected chi connectivity index (χ4v) is 2.42. The highest BCUT2D eigenvalue weighted by Gasteiger charge is 2.27. The summed E-state index contributed by atoms with van der Waals surface area (Å²) in [5.74, 6) is 1.01. The van der Waals surface area contributed by atoms with Crippen molar-refractivity contribution in [1.29, 1.82) is 5.26 Å². The van der Waals surface area contributed by atoms with E-state index in [2.05, 4.69) is 25.2 Å². The van der Waals surface area contributed by atoms with E-state index in [0.717, 1.165) is 0 Å². The number of ether oxygens (including phenoxy) is 1. The lowest BCUT2D eigenvalue weighted by atomic mass is 10.2. The van der Waals surface area contributed by atoms with Gasteiger partial charge in [0, 0.05) is 43.5 Å². The second-order valence-electron chi connectivity index (χ2n) is 5.87. The monoisotopic (exact) mass is 420 g/mol. The highest BCUT2D eigenvalue weighted by molar-refractivity contribution is 6.20. The maximum absolute atomic E-state index is 12.7. The number of halogens is 3. The Bertz CT molecular complexity index is 1000. The van der Waals surface area contributed by atoms with Crippen LogP contribution in [0.3, 0.4) is 0 Å². The molecular formula is C18H15ClF2N6O2.